The maximum Gasteiger partial charge on any atom is 0.416 e. The van der Waals surface area contributed by atoms with Gasteiger partial charge in [-0.15, -0.1) is 0 Å². The van der Waals surface area contributed by atoms with Crippen molar-refractivity contribution in [3.63, 3.8) is 0 Å². The third kappa shape index (κ3) is 4.00. The SMILES string of the molecule is COc1cc(NC(=O)C2CC2c2ccc(C(F)(F)F)cc2)cc(OC)c1OC. The summed E-state index contributed by atoms with van der Waals surface area (Å²) in [6, 6.07) is 8.19. The summed E-state index contributed by atoms with van der Waals surface area (Å²) in [7, 11) is 4.44. The molecule has 0 heterocycles. The first-order valence-corrected chi connectivity index (χ1v) is 8.56. The Kier molecular flexibility index (Phi) is 5.40. The molecule has 2 aromatic carbocycles. The van der Waals surface area contributed by atoms with Crippen molar-refractivity contribution in [3.8, 4) is 17.2 Å². The summed E-state index contributed by atoms with van der Waals surface area (Å²) in [4.78, 5) is 12.5. The largest absolute Gasteiger partial charge is 0.493 e. The smallest absolute Gasteiger partial charge is 0.416 e. The van der Waals surface area contributed by atoms with Gasteiger partial charge >= 0.3 is 6.18 Å². The zero-order chi connectivity index (χ0) is 20.5. The van der Waals surface area contributed by atoms with E-state index in [1.807, 2.05) is 0 Å². The first-order chi connectivity index (χ1) is 13.3. The molecule has 0 spiro atoms. The van der Waals surface area contributed by atoms with Crippen molar-refractivity contribution >= 4 is 11.6 Å². The van der Waals surface area contributed by atoms with E-state index >= 15 is 0 Å². The van der Waals surface area contributed by atoms with Crippen LogP contribution in [-0.2, 0) is 11.0 Å². The lowest BCUT2D eigenvalue weighted by molar-refractivity contribution is -0.137. The molecule has 2 aromatic rings. The number of methoxy groups -OCH3 is 3. The summed E-state index contributed by atoms with van der Waals surface area (Å²) < 4.78 is 53.8. The lowest BCUT2D eigenvalue weighted by atomic mass is 10.1. The number of amides is 1. The van der Waals surface area contributed by atoms with Gasteiger partial charge in [-0.25, -0.2) is 0 Å². The van der Waals surface area contributed by atoms with Crippen molar-refractivity contribution in [1.82, 2.24) is 0 Å². The Morgan fingerprint density at radius 2 is 1.57 bits per heavy atom. The van der Waals surface area contributed by atoms with Gasteiger partial charge in [-0.1, -0.05) is 12.1 Å². The van der Waals surface area contributed by atoms with E-state index in [1.165, 1.54) is 33.5 Å². The predicted molar refractivity (Wildman–Crippen MR) is 97.0 cm³/mol. The molecule has 1 fully saturated rings. The van der Waals surface area contributed by atoms with Crippen LogP contribution in [0.4, 0.5) is 18.9 Å². The summed E-state index contributed by atoms with van der Waals surface area (Å²) in [5, 5.41) is 2.81. The van der Waals surface area contributed by atoms with Crippen molar-refractivity contribution in [1.29, 1.82) is 0 Å². The van der Waals surface area contributed by atoms with Crippen LogP contribution in [0.2, 0.25) is 0 Å². The lowest BCUT2D eigenvalue weighted by Crippen LogP contribution is -2.15. The molecule has 1 saturated carbocycles. The van der Waals surface area contributed by atoms with E-state index in [9.17, 15) is 18.0 Å². The van der Waals surface area contributed by atoms with Gasteiger partial charge in [-0.2, -0.15) is 13.2 Å². The maximum absolute atomic E-state index is 12.7. The topological polar surface area (TPSA) is 56.8 Å². The highest BCUT2D eigenvalue weighted by Crippen LogP contribution is 2.49. The van der Waals surface area contributed by atoms with Crippen LogP contribution in [0, 0.1) is 5.92 Å². The molecule has 0 aliphatic heterocycles. The number of hydrogen-bond acceptors (Lipinski definition) is 4. The van der Waals surface area contributed by atoms with Crippen LogP contribution >= 0.6 is 0 Å². The molecule has 2 unspecified atom stereocenters. The Hall–Kier alpha value is -2.90. The van der Waals surface area contributed by atoms with Crippen molar-refractivity contribution in [2.24, 2.45) is 5.92 Å². The second-order valence-electron chi connectivity index (χ2n) is 6.47. The number of hydrogen-bond donors (Lipinski definition) is 1. The highest BCUT2D eigenvalue weighted by atomic mass is 19.4. The Balaban J connectivity index is 1.70. The molecule has 8 heteroatoms. The highest BCUT2D eigenvalue weighted by Gasteiger charge is 2.44. The van der Waals surface area contributed by atoms with Crippen LogP contribution < -0.4 is 19.5 Å². The average Bonchev–Trinajstić information content (AvgIpc) is 3.47. The number of alkyl halides is 3. The highest BCUT2D eigenvalue weighted by molar-refractivity contribution is 5.95. The average molecular weight is 395 g/mol. The number of benzene rings is 2. The quantitative estimate of drug-likeness (QED) is 0.784. The van der Waals surface area contributed by atoms with E-state index in [1.54, 1.807) is 12.1 Å². The third-order valence-electron chi connectivity index (χ3n) is 4.73. The number of halogens is 3. The summed E-state index contributed by atoms with van der Waals surface area (Å²) in [5.41, 5.74) is 0.505. The molecule has 3 rings (SSSR count). The second-order valence-corrected chi connectivity index (χ2v) is 6.47. The van der Waals surface area contributed by atoms with Gasteiger partial charge < -0.3 is 19.5 Å². The van der Waals surface area contributed by atoms with Gasteiger partial charge in [-0.3, -0.25) is 4.79 Å². The fourth-order valence-corrected chi connectivity index (χ4v) is 3.16. The number of rotatable bonds is 6. The Morgan fingerprint density at radius 3 is 2.04 bits per heavy atom. The van der Waals surface area contributed by atoms with Crippen LogP contribution in [0.3, 0.4) is 0 Å². The van der Waals surface area contributed by atoms with Crippen LogP contribution in [0.1, 0.15) is 23.5 Å². The van der Waals surface area contributed by atoms with Crippen LogP contribution in [-0.4, -0.2) is 27.2 Å². The number of nitrogens with one attached hydrogen (secondary N) is 1. The summed E-state index contributed by atoms with van der Waals surface area (Å²) in [5.74, 6) is 0.635. The number of ether oxygens (including phenoxy) is 3. The molecule has 0 radical (unpaired) electrons. The van der Waals surface area contributed by atoms with Gasteiger partial charge in [0.05, 0.1) is 26.9 Å². The molecule has 150 valence electrons. The van der Waals surface area contributed by atoms with Gasteiger partial charge in [0.25, 0.3) is 0 Å². The Morgan fingerprint density at radius 1 is 1.00 bits per heavy atom. The number of carbonyl (C=O) groups excluding carboxylic acids is 1. The zero-order valence-corrected chi connectivity index (χ0v) is 15.6. The predicted octanol–water partition coefficient (Wildman–Crippen LogP) is 4.47. The van der Waals surface area contributed by atoms with Crippen molar-refractivity contribution in [2.75, 3.05) is 26.6 Å². The van der Waals surface area contributed by atoms with Gasteiger partial charge in [0.1, 0.15) is 0 Å². The van der Waals surface area contributed by atoms with Crippen LogP contribution in [0.5, 0.6) is 17.2 Å². The molecule has 5 nitrogen and oxygen atoms in total. The fraction of sp³-hybridized carbons (Fsp3) is 0.350. The standard InChI is InChI=1S/C20H20F3NO4/c1-26-16-8-13(9-17(27-2)18(16)28-3)24-19(25)15-10-14(15)11-4-6-12(7-5-11)20(21,22)23/h4-9,14-15H,10H2,1-3H3,(H,24,25). The molecule has 0 saturated heterocycles. The van der Waals surface area contributed by atoms with E-state index in [0.717, 1.165) is 17.7 Å². The zero-order valence-electron chi connectivity index (χ0n) is 15.6. The first kappa shape index (κ1) is 19.9. The summed E-state index contributed by atoms with van der Waals surface area (Å²) in [6.07, 6.45) is -3.78. The van der Waals surface area contributed by atoms with E-state index in [4.69, 9.17) is 14.2 Å². The normalized spacial score (nSPS) is 18.4. The van der Waals surface area contributed by atoms with E-state index in [2.05, 4.69) is 5.32 Å². The summed E-state index contributed by atoms with van der Waals surface area (Å²) in [6.45, 7) is 0. The first-order valence-electron chi connectivity index (χ1n) is 8.56. The van der Waals surface area contributed by atoms with Crippen molar-refractivity contribution in [2.45, 2.75) is 18.5 Å². The summed E-state index contributed by atoms with van der Waals surface area (Å²) >= 11 is 0. The molecule has 28 heavy (non-hydrogen) atoms. The monoisotopic (exact) mass is 395 g/mol. The van der Waals surface area contributed by atoms with Gasteiger partial charge in [-0.05, 0) is 30.0 Å². The van der Waals surface area contributed by atoms with Crippen molar-refractivity contribution in [3.05, 3.63) is 47.5 Å². The molecular weight excluding hydrogens is 375 g/mol. The van der Waals surface area contributed by atoms with Gasteiger partial charge in [0, 0.05) is 23.7 Å². The minimum atomic E-state index is -4.37. The third-order valence-corrected chi connectivity index (χ3v) is 4.73. The minimum Gasteiger partial charge on any atom is -0.493 e. The van der Waals surface area contributed by atoms with Gasteiger partial charge in [0.15, 0.2) is 11.5 Å². The fourth-order valence-electron chi connectivity index (χ4n) is 3.16. The number of anilines is 1. The molecule has 1 amide bonds. The van der Waals surface area contributed by atoms with E-state index in [0.29, 0.717) is 29.4 Å². The molecule has 1 aliphatic carbocycles. The Labute approximate surface area is 160 Å². The number of carbonyl (C=O) groups is 1. The molecule has 1 N–H and O–H groups in total. The van der Waals surface area contributed by atoms with Crippen LogP contribution in [0.15, 0.2) is 36.4 Å². The lowest BCUT2D eigenvalue weighted by Gasteiger charge is -2.14. The molecule has 1 aliphatic rings. The molecule has 0 bridgehead atoms. The molecule has 0 aromatic heterocycles. The van der Waals surface area contributed by atoms with Crippen molar-refractivity contribution < 1.29 is 32.2 Å². The minimum absolute atomic E-state index is 0.0932. The van der Waals surface area contributed by atoms with Gasteiger partial charge in [0.2, 0.25) is 11.7 Å². The molecular formula is C20H20F3NO4. The maximum atomic E-state index is 12.7. The van der Waals surface area contributed by atoms with E-state index in [-0.39, 0.29) is 17.7 Å². The Bertz CT molecular complexity index is 840. The van der Waals surface area contributed by atoms with E-state index < -0.39 is 11.7 Å². The van der Waals surface area contributed by atoms with Crippen LogP contribution in [0.25, 0.3) is 0 Å². The molecule has 2 atom stereocenters. The second kappa shape index (κ2) is 7.61.